The van der Waals surface area contributed by atoms with Gasteiger partial charge in [-0.15, -0.1) is 0 Å². The van der Waals surface area contributed by atoms with Crippen LogP contribution in [0.2, 0.25) is 0 Å². The van der Waals surface area contributed by atoms with Crippen LogP contribution < -0.4 is 10.6 Å². The number of carbonyl (C=O) groups is 4. The molecule has 0 aromatic heterocycles. The molecule has 2 amide bonds. The van der Waals surface area contributed by atoms with Gasteiger partial charge in [0.15, 0.2) is 0 Å². The number of rotatable bonds is 6. The van der Waals surface area contributed by atoms with E-state index in [2.05, 4.69) is 10.6 Å². The number of nitrogens with one attached hydrogen (secondary N) is 2. The highest BCUT2D eigenvalue weighted by atomic mass is 16.4. The lowest BCUT2D eigenvalue weighted by atomic mass is 9.65. The molecule has 8 heteroatoms. The molecule has 4 unspecified atom stereocenters. The SMILES string of the molecule is Cc1ccc(NC(=O)C2CCC(C)(C(=O)O)C2(C)C)cc1NC(=O)C1CCC(C)(C(=O)O)C1(C)C. The quantitative estimate of drug-likeness (QED) is 0.451. The van der Waals surface area contributed by atoms with Crippen LogP contribution in [0.25, 0.3) is 0 Å². The fourth-order valence-electron chi connectivity index (χ4n) is 5.97. The Bertz CT molecular complexity index is 1080. The summed E-state index contributed by atoms with van der Waals surface area (Å²) in [7, 11) is 0. The number of carboxylic acid groups (broad SMARTS) is 2. The third-order valence-electron chi connectivity index (χ3n) is 9.79. The molecular weight excluding hydrogens is 448 g/mol. The van der Waals surface area contributed by atoms with Gasteiger partial charge in [-0.3, -0.25) is 19.2 Å². The van der Waals surface area contributed by atoms with Crippen LogP contribution in [0.3, 0.4) is 0 Å². The minimum absolute atomic E-state index is 0.235. The Hall–Kier alpha value is -2.90. The molecule has 1 aromatic carbocycles. The highest BCUT2D eigenvalue weighted by molar-refractivity contribution is 5.98. The molecular formula is C27H38N2O6. The zero-order valence-electron chi connectivity index (χ0n) is 21.7. The molecule has 3 rings (SSSR count). The highest BCUT2D eigenvalue weighted by Crippen LogP contribution is 2.57. The van der Waals surface area contributed by atoms with Crippen LogP contribution in [0, 0.1) is 40.4 Å². The molecule has 2 fully saturated rings. The van der Waals surface area contributed by atoms with Gasteiger partial charge in [-0.2, -0.15) is 0 Å². The van der Waals surface area contributed by atoms with Crippen molar-refractivity contribution in [2.24, 2.45) is 33.5 Å². The van der Waals surface area contributed by atoms with Crippen molar-refractivity contribution in [2.75, 3.05) is 10.6 Å². The lowest BCUT2D eigenvalue weighted by Gasteiger charge is -2.38. The van der Waals surface area contributed by atoms with Gasteiger partial charge in [0.25, 0.3) is 0 Å². The Kier molecular flexibility index (Phi) is 6.59. The molecule has 35 heavy (non-hydrogen) atoms. The summed E-state index contributed by atoms with van der Waals surface area (Å²) >= 11 is 0. The summed E-state index contributed by atoms with van der Waals surface area (Å²) in [6, 6.07) is 5.25. The first kappa shape index (κ1) is 26.7. The van der Waals surface area contributed by atoms with Crippen molar-refractivity contribution in [3.63, 3.8) is 0 Å². The average molecular weight is 487 g/mol. The van der Waals surface area contributed by atoms with Crippen molar-refractivity contribution in [3.05, 3.63) is 23.8 Å². The number of amides is 2. The summed E-state index contributed by atoms with van der Waals surface area (Å²) in [5.74, 6) is -3.19. The summed E-state index contributed by atoms with van der Waals surface area (Å²) < 4.78 is 0. The number of aryl methyl sites for hydroxylation is 1. The number of anilines is 2. The van der Waals surface area contributed by atoms with Crippen molar-refractivity contribution in [2.45, 2.75) is 74.1 Å². The fourth-order valence-corrected chi connectivity index (χ4v) is 5.97. The molecule has 2 aliphatic rings. The molecule has 0 spiro atoms. The molecule has 4 atom stereocenters. The molecule has 0 radical (unpaired) electrons. The first-order valence-electron chi connectivity index (χ1n) is 12.2. The molecule has 1 aromatic rings. The van der Waals surface area contributed by atoms with E-state index in [1.165, 1.54) is 0 Å². The Morgan fingerprint density at radius 1 is 0.771 bits per heavy atom. The van der Waals surface area contributed by atoms with Crippen LogP contribution in [0.4, 0.5) is 11.4 Å². The number of carboxylic acids is 2. The zero-order chi connectivity index (χ0) is 26.6. The van der Waals surface area contributed by atoms with Crippen LogP contribution in [0.5, 0.6) is 0 Å². The summed E-state index contributed by atoms with van der Waals surface area (Å²) in [5.41, 5.74) is -1.56. The number of hydrogen-bond acceptors (Lipinski definition) is 4. The van der Waals surface area contributed by atoms with Crippen molar-refractivity contribution < 1.29 is 29.4 Å². The van der Waals surface area contributed by atoms with Gasteiger partial charge in [0, 0.05) is 23.2 Å². The summed E-state index contributed by atoms with van der Waals surface area (Å²) in [5, 5.41) is 25.3. The van der Waals surface area contributed by atoms with E-state index in [9.17, 15) is 29.4 Å². The van der Waals surface area contributed by atoms with Crippen LogP contribution in [-0.4, -0.2) is 34.0 Å². The monoisotopic (exact) mass is 486 g/mol. The van der Waals surface area contributed by atoms with Crippen LogP contribution in [-0.2, 0) is 19.2 Å². The standard InChI is InChI=1S/C27H38N2O6/c1-15-8-9-16(28-20(30)17-10-12-26(6,22(32)33)24(17,2)3)14-19(15)29-21(31)18-11-13-27(7,23(34)35)25(18,4)5/h8-9,14,17-18H,10-13H2,1-7H3,(H,28,30)(H,29,31)(H,32,33)(H,34,35). The third-order valence-corrected chi connectivity index (χ3v) is 9.79. The number of hydrogen-bond donors (Lipinski definition) is 4. The molecule has 192 valence electrons. The first-order valence-corrected chi connectivity index (χ1v) is 12.2. The zero-order valence-corrected chi connectivity index (χ0v) is 21.7. The van der Waals surface area contributed by atoms with E-state index in [1.54, 1.807) is 32.0 Å². The van der Waals surface area contributed by atoms with E-state index in [4.69, 9.17) is 0 Å². The van der Waals surface area contributed by atoms with Crippen molar-refractivity contribution in [3.8, 4) is 0 Å². The maximum absolute atomic E-state index is 13.2. The predicted molar refractivity (Wildman–Crippen MR) is 133 cm³/mol. The molecule has 8 nitrogen and oxygen atoms in total. The van der Waals surface area contributed by atoms with Gasteiger partial charge < -0.3 is 20.8 Å². The largest absolute Gasteiger partial charge is 0.481 e. The number of benzene rings is 1. The molecule has 4 N–H and O–H groups in total. The van der Waals surface area contributed by atoms with E-state index < -0.39 is 45.4 Å². The number of aliphatic carboxylic acids is 2. The lowest BCUT2D eigenvalue weighted by molar-refractivity contribution is -0.156. The second kappa shape index (κ2) is 8.64. The Morgan fingerprint density at radius 3 is 1.60 bits per heavy atom. The van der Waals surface area contributed by atoms with Gasteiger partial charge in [-0.1, -0.05) is 33.8 Å². The number of carbonyl (C=O) groups excluding carboxylic acids is 2. The summed E-state index contributed by atoms with van der Waals surface area (Å²) in [6.07, 6.45) is 1.82. The molecule has 2 saturated carbocycles. The maximum atomic E-state index is 13.2. The van der Waals surface area contributed by atoms with Gasteiger partial charge in [0.1, 0.15) is 0 Å². The van der Waals surface area contributed by atoms with Crippen molar-refractivity contribution in [1.29, 1.82) is 0 Å². The lowest BCUT2D eigenvalue weighted by Crippen LogP contribution is -2.44. The Balaban J connectivity index is 1.77. The van der Waals surface area contributed by atoms with Crippen LogP contribution in [0.15, 0.2) is 18.2 Å². The van der Waals surface area contributed by atoms with Gasteiger partial charge in [-0.25, -0.2) is 0 Å². The fraction of sp³-hybridized carbons (Fsp3) is 0.630. The smallest absolute Gasteiger partial charge is 0.309 e. The van der Waals surface area contributed by atoms with E-state index in [1.807, 2.05) is 34.6 Å². The normalized spacial score (nSPS) is 31.1. The van der Waals surface area contributed by atoms with E-state index >= 15 is 0 Å². The van der Waals surface area contributed by atoms with E-state index in [0.29, 0.717) is 37.1 Å². The first-order chi connectivity index (χ1) is 16.0. The van der Waals surface area contributed by atoms with Gasteiger partial charge in [0.2, 0.25) is 11.8 Å². The minimum Gasteiger partial charge on any atom is -0.481 e. The van der Waals surface area contributed by atoms with Gasteiger partial charge in [0.05, 0.1) is 10.8 Å². The second-order valence-electron chi connectivity index (χ2n) is 11.9. The predicted octanol–water partition coefficient (Wildman–Crippen LogP) is 4.93. The van der Waals surface area contributed by atoms with E-state index in [0.717, 1.165) is 5.56 Å². The molecule has 0 aliphatic heterocycles. The second-order valence-corrected chi connectivity index (χ2v) is 11.9. The minimum atomic E-state index is -0.988. The Morgan fingerprint density at radius 2 is 1.20 bits per heavy atom. The van der Waals surface area contributed by atoms with E-state index in [-0.39, 0.29) is 11.8 Å². The van der Waals surface area contributed by atoms with Crippen molar-refractivity contribution >= 4 is 35.1 Å². The maximum Gasteiger partial charge on any atom is 0.309 e. The Labute approximate surface area is 206 Å². The summed E-state index contributed by atoms with van der Waals surface area (Å²) in [6.45, 7) is 12.6. The molecule has 0 bridgehead atoms. The van der Waals surface area contributed by atoms with Crippen molar-refractivity contribution in [1.82, 2.24) is 0 Å². The molecule has 0 heterocycles. The highest BCUT2D eigenvalue weighted by Gasteiger charge is 2.59. The topological polar surface area (TPSA) is 133 Å². The van der Waals surface area contributed by atoms with Gasteiger partial charge in [-0.05, 0) is 75.0 Å². The average Bonchev–Trinajstić information content (AvgIpc) is 3.14. The molecule has 2 aliphatic carbocycles. The van der Waals surface area contributed by atoms with Crippen LogP contribution in [0.1, 0.15) is 72.8 Å². The van der Waals surface area contributed by atoms with Gasteiger partial charge >= 0.3 is 11.9 Å². The third kappa shape index (κ3) is 4.10. The molecule has 0 saturated heterocycles. The van der Waals surface area contributed by atoms with Crippen LogP contribution >= 0.6 is 0 Å². The summed E-state index contributed by atoms with van der Waals surface area (Å²) in [4.78, 5) is 50.1.